The summed E-state index contributed by atoms with van der Waals surface area (Å²) in [5, 5.41) is 9.77. The van der Waals surface area contributed by atoms with Gasteiger partial charge in [-0.1, -0.05) is 30.3 Å². The highest BCUT2D eigenvalue weighted by molar-refractivity contribution is 5.71. The molecule has 1 heterocycles. The molecule has 0 radical (unpaired) electrons. The summed E-state index contributed by atoms with van der Waals surface area (Å²) in [6, 6.07) is 13.6. The Balaban J connectivity index is 2.08. The van der Waals surface area contributed by atoms with E-state index in [1.54, 1.807) is 12.1 Å². The van der Waals surface area contributed by atoms with Crippen molar-refractivity contribution in [1.29, 1.82) is 0 Å². The molecule has 0 atom stereocenters. The number of phenolic OH excluding ortho intramolecular Hbond substituents is 1. The fourth-order valence-electron chi connectivity index (χ4n) is 2.53. The summed E-state index contributed by atoms with van der Waals surface area (Å²) in [7, 11) is 0. The monoisotopic (exact) mass is 270 g/mol. The van der Waals surface area contributed by atoms with Crippen LogP contribution in [0.25, 0.3) is 11.1 Å². The van der Waals surface area contributed by atoms with Gasteiger partial charge in [0.15, 0.2) is 6.29 Å². The highest BCUT2D eigenvalue weighted by Gasteiger charge is 2.21. The largest absolute Gasteiger partial charge is 0.508 e. The zero-order valence-corrected chi connectivity index (χ0v) is 11.5. The number of rotatable bonds is 2. The summed E-state index contributed by atoms with van der Waals surface area (Å²) in [5.41, 5.74) is 4.27. The minimum Gasteiger partial charge on any atom is -0.508 e. The van der Waals surface area contributed by atoms with E-state index < -0.39 is 6.29 Å². The van der Waals surface area contributed by atoms with E-state index in [4.69, 9.17) is 9.47 Å². The first-order valence-corrected chi connectivity index (χ1v) is 6.88. The Labute approximate surface area is 118 Å². The Bertz CT molecular complexity index is 601. The maximum atomic E-state index is 9.77. The lowest BCUT2D eigenvalue weighted by molar-refractivity contribution is -0.182. The Hall–Kier alpha value is -1.84. The first-order valence-electron chi connectivity index (χ1n) is 6.88. The fraction of sp³-hybridized carbons (Fsp3) is 0.294. The maximum Gasteiger partial charge on any atom is 0.184 e. The van der Waals surface area contributed by atoms with Gasteiger partial charge in [0.05, 0.1) is 13.2 Å². The zero-order valence-electron chi connectivity index (χ0n) is 11.5. The third-order valence-corrected chi connectivity index (χ3v) is 3.55. The van der Waals surface area contributed by atoms with Crippen molar-refractivity contribution < 1.29 is 14.6 Å². The van der Waals surface area contributed by atoms with Gasteiger partial charge in [0.1, 0.15) is 5.75 Å². The van der Waals surface area contributed by atoms with Crippen molar-refractivity contribution in [2.45, 2.75) is 19.6 Å². The van der Waals surface area contributed by atoms with Gasteiger partial charge in [-0.05, 0) is 42.2 Å². The van der Waals surface area contributed by atoms with Gasteiger partial charge in [0.2, 0.25) is 0 Å². The van der Waals surface area contributed by atoms with Gasteiger partial charge in [-0.2, -0.15) is 0 Å². The van der Waals surface area contributed by atoms with Crippen LogP contribution in [0.3, 0.4) is 0 Å². The SMILES string of the molecule is Cc1ccccc1-c1ccc(O)cc1C1OCCCO1. The molecule has 0 unspecified atom stereocenters. The number of hydrogen-bond acceptors (Lipinski definition) is 3. The van der Waals surface area contributed by atoms with Crippen LogP contribution in [0.15, 0.2) is 42.5 Å². The molecule has 1 saturated heterocycles. The van der Waals surface area contributed by atoms with Crippen molar-refractivity contribution in [3.05, 3.63) is 53.6 Å². The van der Waals surface area contributed by atoms with Crippen molar-refractivity contribution in [2.24, 2.45) is 0 Å². The van der Waals surface area contributed by atoms with Crippen LogP contribution in [0.2, 0.25) is 0 Å². The summed E-state index contributed by atoms with van der Waals surface area (Å²) in [4.78, 5) is 0. The van der Waals surface area contributed by atoms with E-state index in [0.29, 0.717) is 13.2 Å². The quantitative estimate of drug-likeness (QED) is 0.902. The summed E-state index contributed by atoms with van der Waals surface area (Å²) in [5.74, 6) is 0.232. The second-order valence-corrected chi connectivity index (χ2v) is 5.01. The molecular formula is C17H18O3. The van der Waals surface area contributed by atoms with Crippen LogP contribution in [-0.2, 0) is 9.47 Å². The van der Waals surface area contributed by atoms with E-state index in [9.17, 15) is 5.11 Å². The molecule has 2 aromatic rings. The number of aromatic hydroxyl groups is 1. The molecule has 1 aliphatic heterocycles. The Morgan fingerprint density at radius 2 is 1.75 bits per heavy atom. The molecular weight excluding hydrogens is 252 g/mol. The molecule has 0 amide bonds. The van der Waals surface area contributed by atoms with Crippen molar-refractivity contribution in [3.8, 4) is 16.9 Å². The van der Waals surface area contributed by atoms with Gasteiger partial charge >= 0.3 is 0 Å². The normalized spacial score (nSPS) is 16.2. The summed E-state index contributed by atoms with van der Waals surface area (Å²) in [6.45, 7) is 3.45. The van der Waals surface area contributed by atoms with Gasteiger partial charge in [0, 0.05) is 5.56 Å². The third-order valence-electron chi connectivity index (χ3n) is 3.55. The molecule has 2 aromatic carbocycles. The Kier molecular flexibility index (Phi) is 3.72. The molecule has 3 nitrogen and oxygen atoms in total. The van der Waals surface area contributed by atoms with E-state index in [1.807, 2.05) is 18.2 Å². The van der Waals surface area contributed by atoms with Gasteiger partial charge in [0.25, 0.3) is 0 Å². The Morgan fingerprint density at radius 3 is 2.50 bits per heavy atom. The van der Waals surface area contributed by atoms with Crippen LogP contribution in [-0.4, -0.2) is 18.3 Å². The van der Waals surface area contributed by atoms with Crippen LogP contribution in [0, 0.1) is 6.92 Å². The lowest BCUT2D eigenvalue weighted by Crippen LogP contribution is -2.18. The first-order chi connectivity index (χ1) is 9.75. The summed E-state index contributed by atoms with van der Waals surface area (Å²) >= 11 is 0. The number of hydrogen-bond donors (Lipinski definition) is 1. The zero-order chi connectivity index (χ0) is 13.9. The van der Waals surface area contributed by atoms with Crippen molar-refractivity contribution in [2.75, 3.05) is 13.2 Å². The maximum absolute atomic E-state index is 9.77. The van der Waals surface area contributed by atoms with Crippen molar-refractivity contribution in [3.63, 3.8) is 0 Å². The van der Waals surface area contributed by atoms with Gasteiger partial charge in [-0.3, -0.25) is 0 Å². The second kappa shape index (κ2) is 5.65. The minimum atomic E-state index is -0.398. The smallest absolute Gasteiger partial charge is 0.184 e. The van der Waals surface area contributed by atoms with E-state index in [-0.39, 0.29) is 5.75 Å². The molecule has 104 valence electrons. The van der Waals surface area contributed by atoms with Crippen molar-refractivity contribution >= 4 is 0 Å². The predicted octanol–water partition coefficient (Wildman–Crippen LogP) is 3.80. The van der Waals surface area contributed by atoms with E-state index >= 15 is 0 Å². The average molecular weight is 270 g/mol. The van der Waals surface area contributed by atoms with E-state index in [2.05, 4.69) is 19.1 Å². The molecule has 0 bridgehead atoms. The minimum absolute atomic E-state index is 0.232. The predicted molar refractivity (Wildman–Crippen MR) is 77.5 cm³/mol. The standard InChI is InChI=1S/C17H18O3/c1-12-5-2-3-6-14(12)15-8-7-13(18)11-16(15)17-19-9-4-10-20-17/h2-3,5-8,11,17-18H,4,9-10H2,1H3. The Morgan fingerprint density at radius 1 is 1.00 bits per heavy atom. The van der Waals surface area contributed by atoms with Gasteiger partial charge in [-0.15, -0.1) is 0 Å². The topological polar surface area (TPSA) is 38.7 Å². The molecule has 1 fully saturated rings. The highest BCUT2D eigenvalue weighted by atomic mass is 16.7. The summed E-state index contributed by atoms with van der Waals surface area (Å²) in [6.07, 6.45) is 0.514. The van der Waals surface area contributed by atoms with Gasteiger partial charge < -0.3 is 14.6 Å². The van der Waals surface area contributed by atoms with Crippen molar-refractivity contribution in [1.82, 2.24) is 0 Å². The average Bonchev–Trinajstić information content (AvgIpc) is 2.49. The lowest BCUT2D eigenvalue weighted by atomic mass is 9.95. The second-order valence-electron chi connectivity index (χ2n) is 5.01. The van der Waals surface area contributed by atoms with Crippen LogP contribution < -0.4 is 0 Å². The molecule has 1 N–H and O–H groups in total. The third kappa shape index (κ3) is 2.55. The first kappa shape index (κ1) is 13.2. The van der Waals surface area contributed by atoms with Crippen LogP contribution in [0.1, 0.15) is 23.8 Å². The van der Waals surface area contributed by atoms with Crippen LogP contribution >= 0.6 is 0 Å². The van der Waals surface area contributed by atoms with Crippen LogP contribution in [0.4, 0.5) is 0 Å². The molecule has 0 spiro atoms. The molecule has 0 aromatic heterocycles. The molecule has 0 saturated carbocycles. The molecule has 0 aliphatic carbocycles. The van der Waals surface area contributed by atoms with Crippen LogP contribution in [0.5, 0.6) is 5.75 Å². The molecule has 20 heavy (non-hydrogen) atoms. The molecule has 3 rings (SSSR count). The van der Waals surface area contributed by atoms with E-state index in [0.717, 1.165) is 23.1 Å². The number of ether oxygens (including phenoxy) is 2. The molecule has 3 heteroatoms. The highest BCUT2D eigenvalue weighted by Crippen LogP contribution is 2.36. The summed E-state index contributed by atoms with van der Waals surface area (Å²) < 4.78 is 11.4. The fourth-order valence-corrected chi connectivity index (χ4v) is 2.53. The number of phenols is 1. The van der Waals surface area contributed by atoms with Gasteiger partial charge in [-0.25, -0.2) is 0 Å². The lowest BCUT2D eigenvalue weighted by Gasteiger charge is -2.26. The number of benzene rings is 2. The molecule has 1 aliphatic rings. The number of aryl methyl sites for hydroxylation is 1. The van der Waals surface area contributed by atoms with E-state index in [1.165, 1.54) is 5.56 Å².